The van der Waals surface area contributed by atoms with Gasteiger partial charge in [0.05, 0.1) is 6.61 Å². The number of guanidine groups is 1. The number of hydrogen-bond acceptors (Lipinski definition) is 3. The van der Waals surface area contributed by atoms with Gasteiger partial charge in [-0.3, -0.25) is 4.79 Å². The first-order valence-electron chi connectivity index (χ1n) is 8.01. The van der Waals surface area contributed by atoms with Crippen LogP contribution in [0.15, 0.2) is 4.99 Å². The zero-order valence-corrected chi connectivity index (χ0v) is 16.4. The highest BCUT2D eigenvalue weighted by molar-refractivity contribution is 14.0. The number of halogens is 1. The van der Waals surface area contributed by atoms with Crippen molar-refractivity contribution in [2.45, 2.75) is 33.6 Å². The second-order valence-electron chi connectivity index (χ2n) is 5.68. The first-order valence-corrected chi connectivity index (χ1v) is 8.01. The van der Waals surface area contributed by atoms with Gasteiger partial charge < -0.3 is 20.3 Å². The van der Waals surface area contributed by atoms with Crippen LogP contribution in [0.1, 0.15) is 33.6 Å². The van der Waals surface area contributed by atoms with Crippen LogP contribution in [-0.4, -0.2) is 62.7 Å². The molecule has 0 aliphatic carbocycles. The summed E-state index contributed by atoms with van der Waals surface area (Å²) in [6.45, 7) is 11.1. The summed E-state index contributed by atoms with van der Waals surface area (Å²) in [5, 5.41) is 6.32. The Balaban J connectivity index is 0.00000441. The Morgan fingerprint density at radius 2 is 1.95 bits per heavy atom. The van der Waals surface area contributed by atoms with E-state index >= 15 is 0 Å². The van der Waals surface area contributed by atoms with E-state index in [9.17, 15) is 4.79 Å². The highest BCUT2D eigenvalue weighted by Crippen LogP contribution is 2.07. The molecule has 1 rings (SSSR count). The number of hydrogen-bond donors (Lipinski definition) is 2. The first-order chi connectivity index (χ1) is 10.1. The highest BCUT2D eigenvalue weighted by Gasteiger charge is 2.17. The summed E-state index contributed by atoms with van der Waals surface area (Å²) >= 11 is 0. The van der Waals surface area contributed by atoms with Crippen molar-refractivity contribution in [3.8, 4) is 0 Å². The lowest BCUT2D eigenvalue weighted by Gasteiger charge is -2.15. The van der Waals surface area contributed by atoms with Crippen molar-refractivity contribution >= 4 is 35.8 Å². The number of carbonyl (C=O) groups is 1. The molecular formula is C15H31IN4O2. The molecule has 7 heteroatoms. The van der Waals surface area contributed by atoms with Crippen LogP contribution < -0.4 is 10.6 Å². The summed E-state index contributed by atoms with van der Waals surface area (Å²) in [6.07, 6.45) is 2.22. The average Bonchev–Trinajstić information content (AvgIpc) is 2.97. The largest absolute Gasteiger partial charge is 0.379 e. The Bertz CT molecular complexity index is 332. The maximum Gasteiger partial charge on any atom is 0.244 e. The van der Waals surface area contributed by atoms with Gasteiger partial charge >= 0.3 is 0 Å². The lowest BCUT2D eigenvalue weighted by atomic mass is 10.2. The van der Waals surface area contributed by atoms with Crippen molar-refractivity contribution in [3.63, 3.8) is 0 Å². The molecule has 130 valence electrons. The van der Waals surface area contributed by atoms with Gasteiger partial charge in [-0.05, 0) is 25.7 Å². The van der Waals surface area contributed by atoms with Crippen LogP contribution >= 0.6 is 24.0 Å². The van der Waals surface area contributed by atoms with Gasteiger partial charge in [0, 0.05) is 32.8 Å². The molecule has 0 atom stereocenters. The Hall–Kier alpha value is -0.570. The molecule has 6 nitrogen and oxygen atoms in total. The molecule has 0 aromatic carbocycles. The fourth-order valence-electron chi connectivity index (χ4n) is 2.12. The monoisotopic (exact) mass is 426 g/mol. The smallest absolute Gasteiger partial charge is 0.244 e. The van der Waals surface area contributed by atoms with Crippen molar-refractivity contribution in [1.82, 2.24) is 15.5 Å². The number of nitrogens with zero attached hydrogens (tertiary/aromatic N) is 2. The maximum absolute atomic E-state index is 11.9. The van der Waals surface area contributed by atoms with E-state index in [4.69, 9.17) is 4.74 Å². The molecule has 22 heavy (non-hydrogen) atoms. The van der Waals surface area contributed by atoms with E-state index in [1.807, 2.05) is 11.8 Å². The van der Waals surface area contributed by atoms with E-state index in [0.29, 0.717) is 25.0 Å². The quantitative estimate of drug-likeness (QED) is 0.267. The first kappa shape index (κ1) is 21.4. The minimum atomic E-state index is 0. The Labute approximate surface area is 151 Å². The van der Waals surface area contributed by atoms with Crippen molar-refractivity contribution < 1.29 is 9.53 Å². The van der Waals surface area contributed by atoms with Crippen LogP contribution in [0.4, 0.5) is 0 Å². The Morgan fingerprint density at radius 1 is 1.27 bits per heavy atom. The van der Waals surface area contributed by atoms with Gasteiger partial charge in [0.1, 0.15) is 6.54 Å². The lowest BCUT2D eigenvalue weighted by Crippen LogP contribution is -2.40. The molecule has 0 radical (unpaired) electrons. The molecule has 1 saturated heterocycles. The third kappa shape index (κ3) is 9.45. The predicted molar refractivity (Wildman–Crippen MR) is 101 cm³/mol. The number of nitrogens with one attached hydrogen (secondary N) is 2. The number of aliphatic imine (C=N–C) groups is 1. The van der Waals surface area contributed by atoms with E-state index in [0.717, 1.165) is 39.1 Å². The molecule has 0 aromatic heterocycles. The molecule has 1 fully saturated rings. The van der Waals surface area contributed by atoms with E-state index < -0.39 is 0 Å². The predicted octanol–water partition coefficient (Wildman–Crippen LogP) is 1.45. The van der Waals surface area contributed by atoms with Gasteiger partial charge in [0.2, 0.25) is 5.91 Å². The van der Waals surface area contributed by atoms with E-state index in [1.54, 1.807) is 0 Å². The fraction of sp³-hybridized carbons (Fsp3) is 0.867. The van der Waals surface area contributed by atoms with Gasteiger partial charge in [-0.1, -0.05) is 13.8 Å². The molecule has 0 saturated carbocycles. The molecule has 1 heterocycles. The molecule has 1 aliphatic rings. The summed E-state index contributed by atoms with van der Waals surface area (Å²) < 4.78 is 5.51. The minimum Gasteiger partial charge on any atom is -0.379 e. The van der Waals surface area contributed by atoms with Gasteiger partial charge in [-0.15, -0.1) is 24.0 Å². The minimum absolute atomic E-state index is 0. The summed E-state index contributed by atoms with van der Waals surface area (Å²) in [5.41, 5.74) is 0. The standard InChI is InChI=1S/C15H30N4O2.HI/c1-4-16-15(17-7-10-21-12-13(2)3)18-11-14(20)19-8-5-6-9-19;/h13H,4-12H2,1-3H3,(H2,16,17,18);1H. The molecule has 1 amide bonds. The molecular weight excluding hydrogens is 395 g/mol. The summed E-state index contributed by atoms with van der Waals surface area (Å²) in [5.74, 6) is 1.34. The van der Waals surface area contributed by atoms with E-state index in [-0.39, 0.29) is 36.4 Å². The second-order valence-corrected chi connectivity index (χ2v) is 5.68. The molecule has 0 aromatic rings. The van der Waals surface area contributed by atoms with Gasteiger partial charge in [0.15, 0.2) is 5.96 Å². The number of carbonyl (C=O) groups excluding carboxylic acids is 1. The van der Waals surface area contributed by atoms with Crippen LogP contribution in [0.25, 0.3) is 0 Å². The van der Waals surface area contributed by atoms with Crippen molar-refractivity contribution in [2.75, 3.05) is 45.9 Å². The lowest BCUT2D eigenvalue weighted by molar-refractivity contribution is -0.128. The van der Waals surface area contributed by atoms with Crippen molar-refractivity contribution in [3.05, 3.63) is 0 Å². The summed E-state index contributed by atoms with van der Waals surface area (Å²) in [7, 11) is 0. The molecule has 0 bridgehead atoms. The fourth-order valence-corrected chi connectivity index (χ4v) is 2.12. The van der Waals surface area contributed by atoms with E-state index in [1.165, 1.54) is 0 Å². The maximum atomic E-state index is 11.9. The second kappa shape index (κ2) is 12.9. The topological polar surface area (TPSA) is 66.0 Å². The summed E-state index contributed by atoms with van der Waals surface area (Å²) in [6, 6.07) is 0. The third-order valence-corrected chi connectivity index (χ3v) is 3.17. The SMILES string of the molecule is CCNC(=NCC(=O)N1CCCC1)NCCOCC(C)C.I. The van der Waals surface area contributed by atoms with Crippen molar-refractivity contribution in [2.24, 2.45) is 10.9 Å². The molecule has 0 spiro atoms. The highest BCUT2D eigenvalue weighted by atomic mass is 127. The van der Waals surface area contributed by atoms with E-state index in [2.05, 4.69) is 29.5 Å². The van der Waals surface area contributed by atoms with Crippen LogP contribution in [0, 0.1) is 5.92 Å². The van der Waals surface area contributed by atoms with Crippen LogP contribution in [0.5, 0.6) is 0 Å². The zero-order valence-electron chi connectivity index (χ0n) is 14.1. The molecule has 1 aliphatic heterocycles. The molecule has 0 unspecified atom stereocenters. The van der Waals surface area contributed by atoms with Crippen LogP contribution in [0.3, 0.4) is 0 Å². The molecule has 2 N–H and O–H groups in total. The number of ether oxygens (including phenoxy) is 1. The zero-order chi connectivity index (χ0) is 15.5. The van der Waals surface area contributed by atoms with Crippen molar-refractivity contribution in [1.29, 1.82) is 0 Å². The van der Waals surface area contributed by atoms with Gasteiger partial charge in [-0.2, -0.15) is 0 Å². The Kier molecular flexibility index (Phi) is 12.6. The third-order valence-electron chi connectivity index (χ3n) is 3.17. The number of rotatable bonds is 8. The van der Waals surface area contributed by atoms with Crippen LogP contribution in [0.2, 0.25) is 0 Å². The number of likely N-dealkylation sites (tertiary alicyclic amines) is 1. The van der Waals surface area contributed by atoms with Gasteiger partial charge in [0.25, 0.3) is 0 Å². The normalized spacial score (nSPS) is 14.9. The van der Waals surface area contributed by atoms with Gasteiger partial charge in [-0.25, -0.2) is 4.99 Å². The average molecular weight is 426 g/mol. The summed E-state index contributed by atoms with van der Waals surface area (Å²) in [4.78, 5) is 18.2. The van der Waals surface area contributed by atoms with Crippen LogP contribution in [-0.2, 0) is 9.53 Å². The number of amides is 1. The Morgan fingerprint density at radius 3 is 2.55 bits per heavy atom.